The van der Waals surface area contributed by atoms with Crippen molar-refractivity contribution in [1.29, 1.82) is 0 Å². The van der Waals surface area contributed by atoms with Crippen LogP contribution in [0, 0.1) is 11.8 Å². The highest BCUT2D eigenvalue weighted by atomic mass is 16.2. The Morgan fingerprint density at radius 3 is 2.75 bits per heavy atom. The Bertz CT molecular complexity index is 342. The molecule has 0 aliphatic carbocycles. The van der Waals surface area contributed by atoms with Gasteiger partial charge in [0.25, 0.3) is 0 Å². The minimum atomic E-state index is -0.358. The van der Waals surface area contributed by atoms with E-state index < -0.39 is 0 Å². The number of rotatable bonds is 2. The van der Waals surface area contributed by atoms with E-state index in [9.17, 15) is 14.4 Å². The Labute approximate surface area is 93.1 Å². The number of nitrogens with zero attached hydrogens (tertiary/aromatic N) is 1. The molecule has 6 heteroatoms. The molecule has 0 aromatic rings. The molecule has 2 aliphatic heterocycles. The van der Waals surface area contributed by atoms with Crippen molar-refractivity contribution in [3.63, 3.8) is 0 Å². The first-order valence-corrected chi connectivity index (χ1v) is 5.46. The summed E-state index contributed by atoms with van der Waals surface area (Å²) in [5.74, 6) is -1.08. The van der Waals surface area contributed by atoms with E-state index in [0.29, 0.717) is 32.5 Å². The number of carbonyl (C=O) groups is 3. The van der Waals surface area contributed by atoms with E-state index in [2.05, 4.69) is 5.32 Å². The van der Waals surface area contributed by atoms with Gasteiger partial charge in [0.15, 0.2) is 0 Å². The molecule has 0 bridgehead atoms. The molecular formula is C10H15N3O3. The second-order valence-corrected chi connectivity index (χ2v) is 4.23. The SMILES string of the molecule is NCCC(=O)N1CC[C@@H]2C(=O)NC(=O)[C@@H]2C1. The van der Waals surface area contributed by atoms with Gasteiger partial charge in [-0.2, -0.15) is 0 Å². The summed E-state index contributed by atoms with van der Waals surface area (Å²) in [5, 5.41) is 2.31. The summed E-state index contributed by atoms with van der Waals surface area (Å²) in [5.41, 5.74) is 5.31. The Morgan fingerprint density at radius 1 is 1.38 bits per heavy atom. The van der Waals surface area contributed by atoms with Crippen molar-refractivity contribution in [3.8, 4) is 0 Å². The first-order chi connectivity index (χ1) is 7.63. The summed E-state index contributed by atoms with van der Waals surface area (Å²) >= 11 is 0. The van der Waals surface area contributed by atoms with Crippen molar-refractivity contribution in [2.75, 3.05) is 19.6 Å². The van der Waals surface area contributed by atoms with Gasteiger partial charge in [0.2, 0.25) is 17.7 Å². The number of carbonyl (C=O) groups excluding carboxylic acids is 3. The van der Waals surface area contributed by atoms with Crippen molar-refractivity contribution >= 4 is 17.7 Å². The van der Waals surface area contributed by atoms with Crippen LogP contribution in [0.25, 0.3) is 0 Å². The molecular weight excluding hydrogens is 210 g/mol. The number of amides is 3. The predicted molar refractivity (Wildman–Crippen MR) is 55.0 cm³/mol. The number of likely N-dealkylation sites (tertiary alicyclic amines) is 1. The molecule has 3 amide bonds. The summed E-state index contributed by atoms with van der Waals surface area (Å²) in [6.07, 6.45) is 0.867. The van der Waals surface area contributed by atoms with Gasteiger partial charge in [-0.05, 0) is 6.42 Å². The monoisotopic (exact) mass is 225 g/mol. The number of piperidine rings is 1. The van der Waals surface area contributed by atoms with Crippen LogP contribution in [0.15, 0.2) is 0 Å². The lowest BCUT2D eigenvalue weighted by Gasteiger charge is -2.32. The summed E-state index contributed by atoms with van der Waals surface area (Å²) in [4.78, 5) is 36.1. The van der Waals surface area contributed by atoms with Crippen LogP contribution >= 0.6 is 0 Å². The first-order valence-electron chi connectivity index (χ1n) is 5.46. The molecule has 0 spiro atoms. The van der Waals surface area contributed by atoms with Gasteiger partial charge in [0.05, 0.1) is 11.8 Å². The zero-order chi connectivity index (χ0) is 11.7. The summed E-state index contributed by atoms with van der Waals surface area (Å²) in [7, 11) is 0. The van der Waals surface area contributed by atoms with E-state index in [4.69, 9.17) is 5.73 Å². The largest absolute Gasteiger partial charge is 0.342 e. The molecule has 2 heterocycles. The van der Waals surface area contributed by atoms with Crippen molar-refractivity contribution < 1.29 is 14.4 Å². The van der Waals surface area contributed by atoms with E-state index in [1.165, 1.54) is 0 Å². The third-order valence-electron chi connectivity index (χ3n) is 3.24. The number of imide groups is 1. The molecule has 3 N–H and O–H groups in total. The third kappa shape index (κ3) is 1.80. The van der Waals surface area contributed by atoms with E-state index in [0.717, 1.165) is 0 Å². The molecule has 2 aliphatic rings. The Hall–Kier alpha value is -1.43. The van der Waals surface area contributed by atoms with Gasteiger partial charge in [-0.3, -0.25) is 19.7 Å². The molecule has 0 aromatic carbocycles. The van der Waals surface area contributed by atoms with Gasteiger partial charge in [-0.25, -0.2) is 0 Å². The van der Waals surface area contributed by atoms with Gasteiger partial charge < -0.3 is 10.6 Å². The van der Waals surface area contributed by atoms with E-state index in [-0.39, 0.29) is 29.6 Å². The quantitative estimate of drug-likeness (QED) is 0.557. The highest BCUT2D eigenvalue weighted by molar-refractivity contribution is 6.05. The molecule has 2 rings (SSSR count). The van der Waals surface area contributed by atoms with E-state index >= 15 is 0 Å². The summed E-state index contributed by atoms with van der Waals surface area (Å²) in [6.45, 7) is 1.20. The summed E-state index contributed by atoms with van der Waals surface area (Å²) < 4.78 is 0. The zero-order valence-electron chi connectivity index (χ0n) is 8.94. The average Bonchev–Trinajstić information content (AvgIpc) is 2.55. The molecule has 16 heavy (non-hydrogen) atoms. The van der Waals surface area contributed by atoms with Crippen molar-refractivity contribution in [1.82, 2.24) is 10.2 Å². The Morgan fingerprint density at radius 2 is 2.06 bits per heavy atom. The maximum Gasteiger partial charge on any atom is 0.232 e. The van der Waals surface area contributed by atoms with Crippen LogP contribution in [0.3, 0.4) is 0 Å². The highest BCUT2D eigenvalue weighted by Crippen LogP contribution is 2.28. The van der Waals surface area contributed by atoms with Crippen LogP contribution in [0.1, 0.15) is 12.8 Å². The van der Waals surface area contributed by atoms with Gasteiger partial charge in [0, 0.05) is 26.1 Å². The van der Waals surface area contributed by atoms with Crippen molar-refractivity contribution in [2.24, 2.45) is 17.6 Å². The fraction of sp³-hybridized carbons (Fsp3) is 0.700. The number of fused-ring (bicyclic) bond motifs is 1. The van der Waals surface area contributed by atoms with Crippen LogP contribution in [-0.4, -0.2) is 42.3 Å². The fourth-order valence-corrected chi connectivity index (χ4v) is 2.35. The van der Waals surface area contributed by atoms with Gasteiger partial charge >= 0.3 is 0 Å². The van der Waals surface area contributed by atoms with Crippen LogP contribution in [0.5, 0.6) is 0 Å². The molecule has 6 nitrogen and oxygen atoms in total. The fourth-order valence-electron chi connectivity index (χ4n) is 2.35. The second-order valence-electron chi connectivity index (χ2n) is 4.23. The molecule has 2 saturated heterocycles. The standard InChI is InChI=1S/C10H15N3O3/c11-3-1-8(14)13-4-2-6-7(5-13)10(16)12-9(6)15/h6-7H,1-5,11H2,(H,12,15,16)/t6-,7+/m0/s1. The molecule has 88 valence electrons. The van der Waals surface area contributed by atoms with Crippen molar-refractivity contribution in [3.05, 3.63) is 0 Å². The lowest BCUT2D eigenvalue weighted by atomic mass is 9.87. The van der Waals surface area contributed by atoms with E-state index in [1.807, 2.05) is 0 Å². The van der Waals surface area contributed by atoms with Gasteiger partial charge in [-0.1, -0.05) is 0 Å². The molecule has 0 saturated carbocycles. The van der Waals surface area contributed by atoms with Crippen molar-refractivity contribution in [2.45, 2.75) is 12.8 Å². The maximum atomic E-state index is 11.6. The van der Waals surface area contributed by atoms with Crippen LogP contribution < -0.4 is 11.1 Å². The van der Waals surface area contributed by atoms with Crippen LogP contribution in [0.2, 0.25) is 0 Å². The van der Waals surface area contributed by atoms with Gasteiger partial charge in [-0.15, -0.1) is 0 Å². The number of hydrogen-bond acceptors (Lipinski definition) is 4. The van der Waals surface area contributed by atoms with Crippen LogP contribution in [0.4, 0.5) is 0 Å². The van der Waals surface area contributed by atoms with Gasteiger partial charge in [0.1, 0.15) is 0 Å². The lowest BCUT2D eigenvalue weighted by Crippen LogP contribution is -2.45. The third-order valence-corrected chi connectivity index (χ3v) is 3.24. The normalized spacial score (nSPS) is 28.9. The molecule has 0 aromatic heterocycles. The van der Waals surface area contributed by atoms with Crippen LogP contribution in [-0.2, 0) is 14.4 Å². The smallest absolute Gasteiger partial charge is 0.232 e. The number of hydrogen-bond donors (Lipinski definition) is 2. The molecule has 0 unspecified atom stereocenters. The zero-order valence-corrected chi connectivity index (χ0v) is 8.94. The molecule has 2 fully saturated rings. The lowest BCUT2D eigenvalue weighted by molar-refractivity contribution is -0.136. The minimum absolute atomic E-state index is 0.0342. The second kappa shape index (κ2) is 4.21. The molecule has 0 radical (unpaired) electrons. The number of nitrogens with two attached hydrogens (primary N) is 1. The topological polar surface area (TPSA) is 92.5 Å². The average molecular weight is 225 g/mol. The molecule has 2 atom stereocenters. The first kappa shape index (κ1) is 11.1. The maximum absolute atomic E-state index is 11.6. The van der Waals surface area contributed by atoms with E-state index in [1.54, 1.807) is 4.90 Å². The number of nitrogens with one attached hydrogen (secondary N) is 1. The Balaban J connectivity index is 2.02. The minimum Gasteiger partial charge on any atom is -0.342 e. The predicted octanol–water partition coefficient (Wildman–Crippen LogP) is -1.54. The Kier molecular flexibility index (Phi) is 2.91. The summed E-state index contributed by atoms with van der Waals surface area (Å²) in [6, 6.07) is 0. The highest BCUT2D eigenvalue weighted by Gasteiger charge is 2.45.